The summed E-state index contributed by atoms with van der Waals surface area (Å²) < 4.78 is 0. The summed E-state index contributed by atoms with van der Waals surface area (Å²) in [4.78, 5) is 23.4. The molecule has 108 valence electrons. The van der Waals surface area contributed by atoms with E-state index >= 15 is 0 Å². The summed E-state index contributed by atoms with van der Waals surface area (Å²) in [6, 6.07) is 2.82. The molecule has 0 spiro atoms. The molecule has 1 saturated heterocycles. The Labute approximate surface area is 121 Å². The van der Waals surface area contributed by atoms with Crippen LogP contribution in [0.5, 0.6) is 0 Å². The van der Waals surface area contributed by atoms with Gasteiger partial charge in [0.2, 0.25) is 0 Å². The van der Waals surface area contributed by atoms with E-state index in [9.17, 15) is 14.9 Å². The Hall–Kier alpha value is -1.82. The monoisotopic (exact) mass is 298 g/mol. The molecule has 0 radical (unpaired) electrons. The van der Waals surface area contributed by atoms with Gasteiger partial charge in [-0.2, -0.15) is 0 Å². The van der Waals surface area contributed by atoms with Crippen LogP contribution < -0.4 is 4.90 Å². The fourth-order valence-corrected chi connectivity index (χ4v) is 2.94. The summed E-state index contributed by atoms with van der Waals surface area (Å²) in [6.07, 6.45) is 0.560. The molecule has 1 fully saturated rings. The number of halogens is 1. The number of nitro benzene ring substituents is 1. The molecule has 0 aromatic heterocycles. The number of carbonyl (C=O) groups is 1. The highest BCUT2D eigenvalue weighted by Gasteiger charge is 2.36. The molecule has 2 rings (SSSR count). The molecule has 2 atom stereocenters. The van der Waals surface area contributed by atoms with Crippen molar-refractivity contribution in [3.8, 4) is 0 Å². The van der Waals surface area contributed by atoms with Crippen molar-refractivity contribution in [3.63, 3.8) is 0 Å². The zero-order valence-corrected chi connectivity index (χ0v) is 11.9. The normalized spacial score (nSPS) is 22.1. The van der Waals surface area contributed by atoms with Crippen molar-refractivity contribution in [2.75, 3.05) is 11.4 Å². The second-order valence-electron chi connectivity index (χ2n) is 5.01. The van der Waals surface area contributed by atoms with E-state index in [1.807, 2.05) is 11.8 Å². The number of nitro groups is 1. The van der Waals surface area contributed by atoms with Crippen LogP contribution in [0.15, 0.2) is 12.1 Å². The van der Waals surface area contributed by atoms with E-state index in [4.69, 9.17) is 16.7 Å². The fourth-order valence-electron chi connectivity index (χ4n) is 2.71. The third-order valence-electron chi connectivity index (χ3n) is 3.84. The highest BCUT2D eigenvalue weighted by atomic mass is 35.5. The number of benzene rings is 1. The Morgan fingerprint density at radius 3 is 2.70 bits per heavy atom. The molecule has 1 aliphatic heterocycles. The van der Waals surface area contributed by atoms with Crippen LogP contribution in [-0.2, 0) is 4.79 Å². The summed E-state index contributed by atoms with van der Waals surface area (Å²) in [5.41, 5.74) is 1.35. The number of aryl methyl sites for hydroxylation is 1. The van der Waals surface area contributed by atoms with E-state index in [1.165, 1.54) is 6.07 Å². The molecule has 0 aliphatic carbocycles. The Kier molecular flexibility index (Phi) is 3.85. The molecule has 0 amide bonds. The van der Waals surface area contributed by atoms with E-state index in [-0.39, 0.29) is 16.8 Å². The molecule has 7 heteroatoms. The Balaban J connectivity index is 2.37. The zero-order chi connectivity index (χ0) is 15.0. The van der Waals surface area contributed by atoms with Gasteiger partial charge < -0.3 is 10.0 Å². The zero-order valence-electron chi connectivity index (χ0n) is 11.2. The molecular formula is C13H15ClN2O4. The Morgan fingerprint density at radius 2 is 2.20 bits per heavy atom. The van der Waals surface area contributed by atoms with Crippen molar-refractivity contribution in [1.29, 1.82) is 0 Å². The first-order chi connectivity index (χ1) is 9.32. The minimum absolute atomic E-state index is 0.0709. The van der Waals surface area contributed by atoms with Crippen molar-refractivity contribution in [1.82, 2.24) is 0 Å². The molecule has 0 bridgehead atoms. The fraction of sp³-hybridized carbons (Fsp3) is 0.462. The molecule has 2 unspecified atom stereocenters. The largest absolute Gasteiger partial charge is 0.481 e. The number of rotatable bonds is 3. The number of hydrogen-bond donors (Lipinski definition) is 1. The van der Waals surface area contributed by atoms with Gasteiger partial charge in [0.1, 0.15) is 5.02 Å². The first kappa shape index (κ1) is 14.6. The van der Waals surface area contributed by atoms with E-state index in [2.05, 4.69) is 0 Å². The van der Waals surface area contributed by atoms with E-state index in [0.717, 1.165) is 11.3 Å². The molecule has 20 heavy (non-hydrogen) atoms. The molecule has 6 nitrogen and oxygen atoms in total. The average Bonchev–Trinajstić information content (AvgIpc) is 2.73. The molecule has 1 aromatic rings. The van der Waals surface area contributed by atoms with E-state index < -0.39 is 16.8 Å². The van der Waals surface area contributed by atoms with Crippen LogP contribution in [0, 0.1) is 23.0 Å². The van der Waals surface area contributed by atoms with Crippen LogP contribution in [0.25, 0.3) is 0 Å². The lowest BCUT2D eigenvalue weighted by Gasteiger charge is -2.27. The number of aliphatic carboxylic acids is 1. The maximum atomic E-state index is 11.1. The maximum Gasteiger partial charge on any atom is 0.308 e. The van der Waals surface area contributed by atoms with Gasteiger partial charge >= 0.3 is 5.97 Å². The van der Waals surface area contributed by atoms with Crippen LogP contribution in [0.1, 0.15) is 18.9 Å². The second kappa shape index (κ2) is 5.28. The smallest absolute Gasteiger partial charge is 0.308 e. The van der Waals surface area contributed by atoms with Crippen molar-refractivity contribution in [3.05, 3.63) is 32.8 Å². The predicted octanol–water partition coefficient (Wildman–Crippen LogP) is 2.86. The quantitative estimate of drug-likeness (QED) is 0.685. The summed E-state index contributed by atoms with van der Waals surface area (Å²) in [5.74, 6) is -1.24. The maximum absolute atomic E-state index is 11.1. The molecule has 0 saturated carbocycles. The first-order valence-electron chi connectivity index (χ1n) is 6.27. The SMILES string of the molecule is Cc1cc([N+](=O)[O-])c(Cl)cc1N1CCC(C(=O)O)C1C. The Morgan fingerprint density at radius 1 is 1.55 bits per heavy atom. The highest BCUT2D eigenvalue weighted by molar-refractivity contribution is 6.33. The summed E-state index contributed by atoms with van der Waals surface area (Å²) in [6.45, 7) is 4.22. The van der Waals surface area contributed by atoms with Gasteiger partial charge in [0, 0.05) is 24.3 Å². The van der Waals surface area contributed by atoms with Crippen LogP contribution in [0.2, 0.25) is 5.02 Å². The molecule has 1 heterocycles. The van der Waals surface area contributed by atoms with Crippen molar-refractivity contribution in [2.45, 2.75) is 26.3 Å². The van der Waals surface area contributed by atoms with Crippen molar-refractivity contribution >= 4 is 28.9 Å². The number of hydrogen-bond acceptors (Lipinski definition) is 4. The third-order valence-corrected chi connectivity index (χ3v) is 4.15. The van der Waals surface area contributed by atoms with Gasteiger partial charge in [0.05, 0.1) is 10.8 Å². The van der Waals surface area contributed by atoms with Gasteiger partial charge in [-0.25, -0.2) is 0 Å². The Bertz CT molecular complexity index is 576. The predicted molar refractivity (Wildman–Crippen MR) is 75.4 cm³/mol. The molecule has 1 aromatic carbocycles. The number of carboxylic acids is 1. The summed E-state index contributed by atoms with van der Waals surface area (Å²) >= 11 is 5.94. The van der Waals surface area contributed by atoms with Gasteiger partial charge in [-0.3, -0.25) is 14.9 Å². The van der Waals surface area contributed by atoms with Crippen molar-refractivity contribution in [2.24, 2.45) is 5.92 Å². The number of nitrogens with zero attached hydrogens (tertiary/aromatic N) is 2. The summed E-state index contributed by atoms with van der Waals surface area (Å²) in [5, 5.41) is 20.1. The minimum atomic E-state index is -0.814. The number of anilines is 1. The van der Waals surface area contributed by atoms with Gasteiger partial charge in [0.25, 0.3) is 5.69 Å². The molecule has 1 N–H and O–H groups in total. The minimum Gasteiger partial charge on any atom is -0.481 e. The second-order valence-corrected chi connectivity index (χ2v) is 5.42. The van der Waals surface area contributed by atoms with Gasteiger partial charge in [-0.1, -0.05) is 11.6 Å². The highest BCUT2D eigenvalue weighted by Crippen LogP contribution is 2.37. The lowest BCUT2D eigenvalue weighted by molar-refractivity contribution is -0.384. The molecular weight excluding hydrogens is 284 g/mol. The number of carboxylic acid groups (broad SMARTS) is 1. The van der Waals surface area contributed by atoms with Gasteiger partial charge in [-0.15, -0.1) is 0 Å². The van der Waals surface area contributed by atoms with Gasteiger partial charge in [-0.05, 0) is 31.9 Å². The standard InChI is InChI=1S/C13H15ClN2O4/c1-7-5-12(16(19)20)10(14)6-11(7)15-4-3-9(8(15)2)13(17)18/h5-6,8-9H,3-4H2,1-2H3,(H,17,18). The van der Waals surface area contributed by atoms with Crippen molar-refractivity contribution < 1.29 is 14.8 Å². The van der Waals surface area contributed by atoms with E-state index in [0.29, 0.717) is 13.0 Å². The lowest BCUT2D eigenvalue weighted by Crippen LogP contribution is -2.33. The first-order valence-corrected chi connectivity index (χ1v) is 6.64. The third kappa shape index (κ3) is 2.43. The van der Waals surface area contributed by atoms with E-state index in [1.54, 1.807) is 13.0 Å². The molecule has 1 aliphatic rings. The summed E-state index contributed by atoms with van der Waals surface area (Å²) in [7, 11) is 0. The van der Waals surface area contributed by atoms with Gasteiger partial charge in [0.15, 0.2) is 0 Å². The van der Waals surface area contributed by atoms with Crippen LogP contribution in [0.3, 0.4) is 0 Å². The average molecular weight is 299 g/mol. The lowest BCUT2D eigenvalue weighted by atomic mass is 10.0. The van der Waals surface area contributed by atoms with Crippen LogP contribution >= 0.6 is 11.6 Å². The van der Waals surface area contributed by atoms with Crippen LogP contribution in [-0.4, -0.2) is 28.6 Å². The van der Waals surface area contributed by atoms with Crippen LogP contribution in [0.4, 0.5) is 11.4 Å². The topological polar surface area (TPSA) is 83.7 Å².